The summed E-state index contributed by atoms with van der Waals surface area (Å²) >= 11 is 13.5. The van der Waals surface area contributed by atoms with Gasteiger partial charge in [-0.1, -0.05) is 35.3 Å². The Kier molecular flexibility index (Phi) is 5.20. The molecule has 7 heteroatoms. The van der Waals surface area contributed by atoms with Gasteiger partial charge in [-0.25, -0.2) is 0 Å². The monoisotopic (exact) mass is 369 g/mol. The number of fused-ring (bicyclic) bond motifs is 1. The Bertz CT molecular complexity index is 719. The molecule has 0 bridgehead atoms. The Morgan fingerprint density at radius 1 is 1.13 bits per heavy atom. The Morgan fingerprint density at radius 3 is 2.65 bits per heavy atom. The number of halogens is 2. The second kappa shape index (κ2) is 7.34. The van der Waals surface area contributed by atoms with Crippen LogP contribution in [0.15, 0.2) is 36.4 Å². The molecule has 0 atom stereocenters. The maximum absolute atomic E-state index is 12.0. The van der Waals surface area contributed by atoms with Crippen LogP contribution in [0, 0.1) is 0 Å². The number of thioether (sulfide) groups is 1. The van der Waals surface area contributed by atoms with Gasteiger partial charge in [0.1, 0.15) is 0 Å². The van der Waals surface area contributed by atoms with Crippen molar-refractivity contribution in [2.45, 2.75) is 5.75 Å². The van der Waals surface area contributed by atoms with E-state index in [1.165, 1.54) is 11.8 Å². The van der Waals surface area contributed by atoms with E-state index in [2.05, 4.69) is 5.32 Å². The van der Waals surface area contributed by atoms with Crippen LogP contribution in [0.5, 0.6) is 11.5 Å². The number of para-hydroxylation sites is 1. The highest BCUT2D eigenvalue weighted by Gasteiger charge is 2.14. The van der Waals surface area contributed by atoms with Gasteiger partial charge in [0.05, 0.1) is 21.5 Å². The molecule has 0 saturated heterocycles. The van der Waals surface area contributed by atoms with E-state index in [9.17, 15) is 4.79 Å². The van der Waals surface area contributed by atoms with Crippen molar-refractivity contribution in [2.24, 2.45) is 0 Å². The average Bonchev–Trinajstić information content (AvgIpc) is 2.99. The van der Waals surface area contributed by atoms with E-state index in [-0.39, 0.29) is 12.7 Å². The lowest BCUT2D eigenvalue weighted by atomic mass is 10.2. The summed E-state index contributed by atoms with van der Waals surface area (Å²) in [6, 6.07) is 10.9. The number of carbonyl (C=O) groups excluding carboxylic acids is 1. The molecule has 1 N–H and O–H groups in total. The molecule has 1 aliphatic rings. The third-order valence-electron chi connectivity index (χ3n) is 3.17. The number of amides is 1. The second-order valence-corrected chi connectivity index (χ2v) is 6.63. The second-order valence-electron chi connectivity index (χ2n) is 4.83. The van der Waals surface area contributed by atoms with Crippen molar-refractivity contribution in [3.8, 4) is 11.5 Å². The van der Waals surface area contributed by atoms with Gasteiger partial charge in [-0.3, -0.25) is 4.79 Å². The Balaban J connectivity index is 1.51. The lowest BCUT2D eigenvalue weighted by Gasteiger charge is -2.09. The molecule has 0 radical (unpaired) electrons. The number of carbonyl (C=O) groups is 1. The maximum Gasteiger partial charge on any atom is 0.234 e. The first-order chi connectivity index (χ1) is 11.1. The summed E-state index contributed by atoms with van der Waals surface area (Å²) in [5, 5.41) is 3.58. The summed E-state index contributed by atoms with van der Waals surface area (Å²) in [5.41, 5.74) is 1.52. The quantitative estimate of drug-likeness (QED) is 0.836. The minimum Gasteiger partial charge on any atom is -0.454 e. The molecule has 0 aliphatic carbocycles. The lowest BCUT2D eigenvalue weighted by molar-refractivity contribution is -0.113. The highest BCUT2D eigenvalue weighted by Crippen LogP contribution is 2.33. The van der Waals surface area contributed by atoms with E-state index >= 15 is 0 Å². The summed E-state index contributed by atoms with van der Waals surface area (Å²) in [6.45, 7) is 0.257. The lowest BCUT2D eigenvalue weighted by Crippen LogP contribution is -2.14. The molecule has 2 aromatic rings. The summed E-state index contributed by atoms with van der Waals surface area (Å²) in [4.78, 5) is 12.0. The largest absolute Gasteiger partial charge is 0.454 e. The first-order valence-electron chi connectivity index (χ1n) is 6.83. The summed E-state index contributed by atoms with van der Waals surface area (Å²) in [5.74, 6) is 2.35. The first kappa shape index (κ1) is 16.3. The molecule has 0 unspecified atom stereocenters. The predicted octanol–water partition coefficient (Wildman–Crippen LogP) is 4.59. The van der Waals surface area contributed by atoms with Crippen molar-refractivity contribution in [1.29, 1.82) is 0 Å². The molecular formula is C16H13Cl2NO3S. The zero-order chi connectivity index (χ0) is 16.2. The smallest absolute Gasteiger partial charge is 0.234 e. The molecule has 3 rings (SSSR count). The summed E-state index contributed by atoms with van der Waals surface area (Å²) in [6.07, 6.45) is 0. The van der Waals surface area contributed by atoms with E-state index in [1.807, 2.05) is 18.2 Å². The zero-order valence-electron chi connectivity index (χ0n) is 12.0. The molecule has 0 aromatic heterocycles. The molecule has 1 heterocycles. The minimum atomic E-state index is -0.147. The average molecular weight is 370 g/mol. The van der Waals surface area contributed by atoms with E-state index < -0.39 is 0 Å². The van der Waals surface area contributed by atoms with Gasteiger partial charge in [0.2, 0.25) is 12.7 Å². The van der Waals surface area contributed by atoms with Gasteiger partial charge in [-0.05, 0) is 29.8 Å². The van der Waals surface area contributed by atoms with Gasteiger partial charge in [-0.2, -0.15) is 0 Å². The highest BCUT2D eigenvalue weighted by atomic mass is 35.5. The Labute approximate surface area is 148 Å². The fourth-order valence-corrected chi connectivity index (χ4v) is 3.35. The number of anilines is 1. The number of hydrogen-bond acceptors (Lipinski definition) is 4. The van der Waals surface area contributed by atoms with Crippen molar-refractivity contribution in [3.63, 3.8) is 0 Å². The fraction of sp³-hybridized carbons (Fsp3) is 0.188. The number of benzene rings is 2. The molecule has 1 amide bonds. The van der Waals surface area contributed by atoms with E-state index in [0.717, 1.165) is 17.1 Å². The minimum absolute atomic E-state index is 0.147. The van der Waals surface area contributed by atoms with E-state index in [0.29, 0.717) is 27.2 Å². The molecule has 0 saturated carbocycles. The van der Waals surface area contributed by atoms with Crippen molar-refractivity contribution in [1.82, 2.24) is 0 Å². The van der Waals surface area contributed by atoms with Gasteiger partial charge < -0.3 is 14.8 Å². The highest BCUT2D eigenvalue weighted by molar-refractivity contribution is 7.99. The van der Waals surface area contributed by atoms with Crippen molar-refractivity contribution in [2.75, 3.05) is 17.9 Å². The molecule has 4 nitrogen and oxygen atoms in total. The predicted molar refractivity (Wildman–Crippen MR) is 93.8 cm³/mol. The number of ether oxygens (including phenoxy) is 2. The molecule has 23 heavy (non-hydrogen) atoms. The van der Waals surface area contributed by atoms with Gasteiger partial charge in [0.15, 0.2) is 11.5 Å². The molecule has 0 fully saturated rings. The summed E-state index contributed by atoms with van der Waals surface area (Å²) in [7, 11) is 0. The van der Waals surface area contributed by atoms with Crippen LogP contribution in [0.25, 0.3) is 0 Å². The van der Waals surface area contributed by atoms with Crippen LogP contribution in [-0.2, 0) is 10.5 Å². The Morgan fingerprint density at radius 2 is 1.87 bits per heavy atom. The van der Waals surface area contributed by atoms with Crippen LogP contribution in [0.1, 0.15) is 5.56 Å². The maximum atomic E-state index is 12.0. The van der Waals surface area contributed by atoms with E-state index in [4.69, 9.17) is 32.7 Å². The van der Waals surface area contributed by atoms with Crippen LogP contribution in [0.3, 0.4) is 0 Å². The summed E-state index contributed by atoms with van der Waals surface area (Å²) < 4.78 is 10.6. The van der Waals surface area contributed by atoms with Crippen LogP contribution in [0.4, 0.5) is 5.69 Å². The topological polar surface area (TPSA) is 47.6 Å². The zero-order valence-corrected chi connectivity index (χ0v) is 14.3. The van der Waals surface area contributed by atoms with Gasteiger partial charge in [0.25, 0.3) is 0 Å². The third-order valence-corrected chi connectivity index (χ3v) is 4.80. The third kappa shape index (κ3) is 4.05. The molecular weight excluding hydrogens is 357 g/mol. The standard InChI is InChI=1S/C16H13Cl2NO3S/c17-11-2-1-3-12(18)16(11)19-15(20)8-23-7-10-4-5-13-14(6-10)22-9-21-13/h1-6H,7-9H2,(H,19,20). The van der Waals surface area contributed by atoms with Gasteiger partial charge in [-0.15, -0.1) is 11.8 Å². The Hall–Kier alpha value is -1.56. The van der Waals surface area contributed by atoms with Crippen LogP contribution >= 0.6 is 35.0 Å². The van der Waals surface area contributed by atoms with Crippen molar-refractivity contribution < 1.29 is 14.3 Å². The van der Waals surface area contributed by atoms with Gasteiger partial charge in [0, 0.05) is 5.75 Å². The normalized spacial score (nSPS) is 12.3. The molecule has 0 spiro atoms. The van der Waals surface area contributed by atoms with Crippen LogP contribution in [0.2, 0.25) is 10.0 Å². The van der Waals surface area contributed by atoms with Crippen LogP contribution in [-0.4, -0.2) is 18.5 Å². The van der Waals surface area contributed by atoms with Crippen molar-refractivity contribution in [3.05, 3.63) is 52.0 Å². The van der Waals surface area contributed by atoms with Crippen LogP contribution < -0.4 is 14.8 Å². The molecule has 2 aromatic carbocycles. The number of hydrogen-bond donors (Lipinski definition) is 1. The van der Waals surface area contributed by atoms with Gasteiger partial charge >= 0.3 is 0 Å². The van der Waals surface area contributed by atoms with Crippen molar-refractivity contribution >= 4 is 46.6 Å². The first-order valence-corrected chi connectivity index (χ1v) is 8.74. The number of rotatable bonds is 5. The fourth-order valence-electron chi connectivity index (χ4n) is 2.09. The number of nitrogens with one attached hydrogen (secondary N) is 1. The van der Waals surface area contributed by atoms with E-state index in [1.54, 1.807) is 18.2 Å². The molecule has 1 aliphatic heterocycles. The SMILES string of the molecule is O=C(CSCc1ccc2c(c1)OCO2)Nc1c(Cl)cccc1Cl. The molecule has 120 valence electrons.